The van der Waals surface area contributed by atoms with Gasteiger partial charge in [0.25, 0.3) is 0 Å². The van der Waals surface area contributed by atoms with Gasteiger partial charge in [0.2, 0.25) is 11.8 Å². The highest BCUT2D eigenvalue weighted by atomic mass is 16.2. The lowest BCUT2D eigenvalue weighted by Crippen LogP contribution is -2.18. The van der Waals surface area contributed by atoms with E-state index in [-0.39, 0.29) is 11.8 Å². The van der Waals surface area contributed by atoms with Crippen molar-refractivity contribution in [3.8, 4) is 0 Å². The van der Waals surface area contributed by atoms with Gasteiger partial charge in [-0.05, 0) is 38.5 Å². The van der Waals surface area contributed by atoms with Crippen LogP contribution in [-0.4, -0.2) is 24.2 Å². The number of hydrogen-bond donors (Lipinski definition) is 2. The molecule has 26 heavy (non-hydrogen) atoms. The van der Waals surface area contributed by atoms with Crippen LogP contribution in [0.2, 0.25) is 0 Å². The molecule has 0 saturated carbocycles. The molecule has 0 aliphatic rings. The molecule has 0 fully saturated rings. The third kappa shape index (κ3) is 18.6. The maximum Gasteiger partial charge on any atom is 0.240 e. The number of nitrogens with one attached hydrogen (secondary N) is 2. The minimum Gasteiger partial charge on any atom is -0.273 e. The van der Waals surface area contributed by atoms with Crippen LogP contribution in [0.5, 0.6) is 0 Å². The predicted octanol–water partition coefficient (Wildman–Crippen LogP) is 4.69. The normalized spacial score (nSPS) is 11.3. The van der Waals surface area contributed by atoms with Gasteiger partial charge in [0.15, 0.2) is 0 Å². The number of unbranched alkanes of at least 4 members (excludes halogenated alkanes) is 9. The summed E-state index contributed by atoms with van der Waals surface area (Å²) in [5.74, 6) is -0.194. The Hall–Kier alpha value is -1.72. The molecule has 2 N–H and O–H groups in total. The lowest BCUT2D eigenvalue weighted by atomic mass is 10.2. The average Bonchev–Trinajstić information content (AvgIpc) is 2.64. The number of hydrogen-bond acceptors (Lipinski definition) is 4. The molecule has 6 heteroatoms. The zero-order valence-corrected chi connectivity index (χ0v) is 16.8. The van der Waals surface area contributed by atoms with Crippen LogP contribution in [0.1, 0.15) is 104 Å². The molecular weight excluding hydrogens is 328 g/mol. The molecule has 0 aromatic rings. The third-order valence-corrected chi connectivity index (χ3v) is 3.99. The number of carbonyl (C=O) groups is 2. The van der Waals surface area contributed by atoms with Crippen LogP contribution in [0.4, 0.5) is 0 Å². The third-order valence-electron chi connectivity index (χ3n) is 3.99. The van der Waals surface area contributed by atoms with Gasteiger partial charge in [-0.2, -0.15) is 10.2 Å². The molecule has 0 aliphatic heterocycles. The van der Waals surface area contributed by atoms with E-state index in [0.717, 1.165) is 25.7 Å². The first-order chi connectivity index (χ1) is 12.7. The minimum atomic E-state index is -0.0969. The van der Waals surface area contributed by atoms with Gasteiger partial charge in [-0.3, -0.25) is 9.59 Å². The van der Waals surface area contributed by atoms with E-state index in [0.29, 0.717) is 25.7 Å². The second kappa shape index (κ2) is 19.6. The molecule has 0 unspecified atom stereocenters. The fraction of sp³-hybridized carbons (Fsp3) is 0.800. The molecule has 0 heterocycles. The van der Waals surface area contributed by atoms with E-state index in [9.17, 15) is 9.59 Å². The summed E-state index contributed by atoms with van der Waals surface area (Å²) in [4.78, 5) is 23.2. The van der Waals surface area contributed by atoms with Crippen molar-refractivity contribution in [2.45, 2.75) is 104 Å². The Balaban J connectivity index is 3.48. The summed E-state index contributed by atoms with van der Waals surface area (Å²) in [7, 11) is 0. The molecular formula is C20H38N4O2. The van der Waals surface area contributed by atoms with E-state index < -0.39 is 0 Å². The van der Waals surface area contributed by atoms with Crippen LogP contribution >= 0.6 is 0 Å². The van der Waals surface area contributed by atoms with Crippen molar-refractivity contribution in [1.29, 1.82) is 0 Å². The Morgan fingerprint density at radius 1 is 0.654 bits per heavy atom. The summed E-state index contributed by atoms with van der Waals surface area (Å²) in [5, 5.41) is 7.87. The van der Waals surface area contributed by atoms with E-state index in [4.69, 9.17) is 0 Å². The maximum atomic E-state index is 11.6. The summed E-state index contributed by atoms with van der Waals surface area (Å²) >= 11 is 0. The Labute approximate surface area is 159 Å². The highest BCUT2D eigenvalue weighted by Gasteiger charge is 2.02. The lowest BCUT2D eigenvalue weighted by molar-refractivity contribution is -0.123. The van der Waals surface area contributed by atoms with Gasteiger partial charge in [0.05, 0.1) is 0 Å². The Kier molecular flexibility index (Phi) is 18.3. The van der Waals surface area contributed by atoms with E-state index in [1.54, 1.807) is 12.4 Å². The van der Waals surface area contributed by atoms with Gasteiger partial charge >= 0.3 is 0 Å². The number of nitrogens with zero attached hydrogens (tertiary/aromatic N) is 2. The van der Waals surface area contributed by atoms with Gasteiger partial charge < -0.3 is 0 Å². The molecule has 0 aromatic carbocycles. The molecule has 0 radical (unpaired) electrons. The van der Waals surface area contributed by atoms with Crippen LogP contribution in [0, 0.1) is 0 Å². The first-order valence-corrected chi connectivity index (χ1v) is 10.3. The molecule has 0 spiro atoms. The summed E-state index contributed by atoms with van der Waals surface area (Å²) in [6.45, 7) is 4.36. The van der Waals surface area contributed by atoms with E-state index in [1.807, 2.05) is 0 Å². The Morgan fingerprint density at radius 3 is 1.46 bits per heavy atom. The van der Waals surface area contributed by atoms with Gasteiger partial charge in [0.1, 0.15) is 0 Å². The fourth-order valence-electron chi connectivity index (χ4n) is 2.37. The SMILES string of the molecule is CCCCCCC=NNC(=O)CCCCC(=O)NN=CCCCCCC. The second-order valence-electron chi connectivity index (χ2n) is 6.60. The van der Waals surface area contributed by atoms with Gasteiger partial charge in [-0.25, -0.2) is 10.9 Å². The van der Waals surface area contributed by atoms with Crippen molar-refractivity contribution in [2.24, 2.45) is 10.2 Å². The van der Waals surface area contributed by atoms with E-state index in [1.165, 1.54) is 38.5 Å². The van der Waals surface area contributed by atoms with Crippen LogP contribution in [0.3, 0.4) is 0 Å². The van der Waals surface area contributed by atoms with Crippen molar-refractivity contribution in [1.82, 2.24) is 10.9 Å². The summed E-state index contributed by atoms with van der Waals surface area (Å²) < 4.78 is 0. The smallest absolute Gasteiger partial charge is 0.240 e. The summed E-state index contributed by atoms with van der Waals surface area (Å²) in [6, 6.07) is 0. The summed E-state index contributed by atoms with van der Waals surface area (Å²) in [6.07, 6.45) is 17.0. The molecule has 0 aromatic heterocycles. The van der Waals surface area contributed by atoms with Crippen LogP contribution < -0.4 is 10.9 Å². The molecule has 6 nitrogen and oxygen atoms in total. The number of hydrazone groups is 2. The molecule has 0 aliphatic carbocycles. The first kappa shape index (κ1) is 24.3. The lowest BCUT2D eigenvalue weighted by Gasteiger charge is -2.01. The molecule has 0 bridgehead atoms. The highest BCUT2D eigenvalue weighted by Crippen LogP contribution is 2.02. The average molecular weight is 367 g/mol. The molecule has 0 rings (SSSR count). The standard InChI is InChI=1S/C20H38N4O2/c1-3-5-7-9-13-17-21-23-19(25)15-11-12-16-20(26)24-22-18-14-10-8-6-4-2/h17-18H,3-16H2,1-2H3,(H,23,25)(H,24,26). The zero-order valence-electron chi connectivity index (χ0n) is 16.8. The van der Waals surface area contributed by atoms with Gasteiger partial charge in [-0.1, -0.05) is 52.4 Å². The first-order valence-electron chi connectivity index (χ1n) is 10.3. The number of carbonyl (C=O) groups excluding carboxylic acids is 2. The Bertz CT molecular complexity index is 371. The van der Waals surface area contributed by atoms with E-state index in [2.05, 4.69) is 34.9 Å². The molecule has 150 valence electrons. The van der Waals surface area contributed by atoms with Crippen molar-refractivity contribution in [3.05, 3.63) is 0 Å². The number of rotatable bonds is 17. The van der Waals surface area contributed by atoms with Crippen molar-refractivity contribution in [2.75, 3.05) is 0 Å². The second-order valence-corrected chi connectivity index (χ2v) is 6.60. The molecule has 0 saturated heterocycles. The fourth-order valence-corrected chi connectivity index (χ4v) is 2.37. The maximum absolute atomic E-state index is 11.6. The Morgan fingerprint density at radius 2 is 1.08 bits per heavy atom. The van der Waals surface area contributed by atoms with Crippen LogP contribution in [-0.2, 0) is 9.59 Å². The largest absolute Gasteiger partial charge is 0.273 e. The quantitative estimate of drug-likeness (QED) is 0.222. The predicted molar refractivity (Wildman–Crippen MR) is 109 cm³/mol. The van der Waals surface area contributed by atoms with Crippen molar-refractivity contribution >= 4 is 24.2 Å². The molecule has 0 atom stereocenters. The highest BCUT2D eigenvalue weighted by molar-refractivity contribution is 5.77. The monoisotopic (exact) mass is 366 g/mol. The number of amides is 2. The van der Waals surface area contributed by atoms with Crippen molar-refractivity contribution in [3.63, 3.8) is 0 Å². The van der Waals surface area contributed by atoms with Crippen LogP contribution in [0.25, 0.3) is 0 Å². The van der Waals surface area contributed by atoms with Crippen LogP contribution in [0.15, 0.2) is 10.2 Å². The summed E-state index contributed by atoms with van der Waals surface area (Å²) in [5.41, 5.74) is 5.06. The molecule has 2 amide bonds. The van der Waals surface area contributed by atoms with Gasteiger partial charge in [0, 0.05) is 25.3 Å². The topological polar surface area (TPSA) is 82.9 Å². The van der Waals surface area contributed by atoms with E-state index >= 15 is 0 Å². The minimum absolute atomic E-state index is 0.0969. The van der Waals surface area contributed by atoms with Crippen molar-refractivity contribution < 1.29 is 9.59 Å². The zero-order chi connectivity index (χ0) is 19.3. The van der Waals surface area contributed by atoms with Gasteiger partial charge in [-0.15, -0.1) is 0 Å².